The molecule has 1 aliphatic rings. The minimum Gasteiger partial charge on any atom is -0.467 e. The minimum absolute atomic E-state index is 0.0256. The Morgan fingerprint density at radius 1 is 0.964 bits per heavy atom. The van der Waals surface area contributed by atoms with Crippen LogP contribution in [0.4, 0.5) is 5.69 Å². The van der Waals surface area contributed by atoms with Crippen molar-refractivity contribution in [3.8, 4) is 0 Å². The molecule has 2 aromatic rings. The van der Waals surface area contributed by atoms with Crippen molar-refractivity contribution in [1.82, 2.24) is 9.36 Å². The van der Waals surface area contributed by atoms with E-state index in [1.165, 1.54) is 0 Å². The van der Waals surface area contributed by atoms with Crippen LogP contribution in [0.5, 0.6) is 0 Å². The maximum Gasteiger partial charge on any atom is 0.340 e. The van der Waals surface area contributed by atoms with E-state index in [-0.39, 0.29) is 11.4 Å². The van der Waals surface area contributed by atoms with E-state index in [4.69, 9.17) is 9.47 Å². The predicted molar refractivity (Wildman–Crippen MR) is 101 cm³/mol. The zero-order chi connectivity index (χ0) is 20.6. The van der Waals surface area contributed by atoms with Crippen LogP contribution in [0.25, 0.3) is 5.82 Å². The van der Waals surface area contributed by atoms with Gasteiger partial charge >= 0.3 is 11.9 Å². The molecule has 1 atom stereocenters. The van der Waals surface area contributed by atoms with Crippen molar-refractivity contribution in [2.45, 2.75) is 19.9 Å². The first-order valence-electron chi connectivity index (χ1n) is 8.40. The molecule has 0 bridgehead atoms. The third-order valence-electron chi connectivity index (χ3n) is 4.56. The SMILES string of the molecule is COC(=O)C1=C(Nc2c(C)cccc2C)n2c(=O)ccc(=O)n2C1C(=O)OC. The normalized spacial score (nSPS) is 15.2. The molecule has 0 fully saturated rings. The lowest BCUT2D eigenvalue weighted by Crippen LogP contribution is -2.39. The number of nitrogens with zero attached hydrogens (tertiary/aromatic N) is 2. The number of nitrogens with one attached hydrogen (secondary N) is 1. The van der Waals surface area contributed by atoms with Crippen LogP contribution in [0.2, 0.25) is 0 Å². The molecule has 28 heavy (non-hydrogen) atoms. The van der Waals surface area contributed by atoms with Crippen molar-refractivity contribution in [2.75, 3.05) is 19.5 Å². The number of fused-ring (bicyclic) bond motifs is 1. The molecule has 0 saturated heterocycles. The number of rotatable bonds is 4. The van der Waals surface area contributed by atoms with Crippen LogP contribution in [0, 0.1) is 13.8 Å². The molecule has 1 unspecified atom stereocenters. The van der Waals surface area contributed by atoms with Crippen molar-refractivity contribution < 1.29 is 19.1 Å². The number of para-hydroxylation sites is 1. The van der Waals surface area contributed by atoms with E-state index < -0.39 is 29.1 Å². The quantitative estimate of drug-likeness (QED) is 0.776. The van der Waals surface area contributed by atoms with Gasteiger partial charge in [-0.1, -0.05) is 18.2 Å². The third kappa shape index (κ3) is 2.90. The molecule has 0 spiro atoms. The molecule has 0 aliphatic carbocycles. The molecule has 1 aromatic heterocycles. The molecule has 0 saturated carbocycles. The van der Waals surface area contributed by atoms with Crippen LogP contribution >= 0.6 is 0 Å². The van der Waals surface area contributed by atoms with Crippen molar-refractivity contribution >= 4 is 23.4 Å². The molecule has 0 amide bonds. The Morgan fingerprint density at radius 2 is 1.57 bits per heavy atom. The Kier molecular flexibility index (Phi) is 4.91. The smallest absolute Gasteiger partial charge is 0.340 e. The summed E-state index contributed by atoms with van der Waals surface area (Å²) in [5.41, 5.74) is 0.893. The number of aromatic nitrogens is 2. The van der Waals surface area contributed by atoms with Crippen LogP contribution in [-0.4, -0.2) is 35.5 Å². The number of esters is 2. The first kappa shape index (κ1) is 19.2. The van der Waals surface area contributed by atoms with Crippen molar-refractivity contribution in [1.29, 1.82) is 0 Å². The van der Waals surface area contributed by atoms with E-state index in [0.717, 1.165) is 46.8 Å². The van der Waals surface area contributed by atoms with E-state index in [1.807, 2.05) is 32.0 Å². The molecule has 0 radical (unpaired) electrons. The lowest BCUT2D eigenvalue weighted by atomic mass is 10.1. The maximum atomic E-state index is 12.6. The zero-order valence-corrected chi connectivity index (χ0v) is 15.8. The summed E-state index contributed by atoms with van der Waals surface area (Å²) in [7, 11) is 2.28. The van der Waals surface area contributed by atoms with Gasteiger partial charge in [0.1, 0.15) is 11.4 Å². The second-order valence-electron chi connectivity index (χ2n) is 6.24. The van der Waals surface area contributed by atoms with Crippen LogP contribution in [0.3, 0.4) is 0 Å². The summed E-state index contributed by atoms with van der Waals surface area (Å²) >= 11 is 0. The molecular formula is C19H19N3O6. The summed E-state index contributed by atoms with van der Waals surface area (Å²) in [4.78, 5) is 50.0. The first-order valence-corrected chi connectivity index (χ1v) is 8.40. The van der Waals surface area contributed by atoms with Crippen LogP contribution in [0.15, 0.2) is 45.5 Å². The van der Waals surface area contributed by atoms with Gasteiger partial charge in [0.05, 0.1) is 14.2 Å². The highest BCUT2D eigenvalue weighted by molar-refractivity contribution is 6.04. The Bertz CT molecular complexity index is 1100. The third-order valence-corrected chi connectivity index (χ3v) is 4.56. The monoisotopic (exact) mass is 385 g/mol. The van der Waals surface area contributed by atoms with Gasteiger partial charge in [-0.25, -0.2) is 14.3 Å². The van der Waals surface area contributed by atoms with Crippen molar-refractivity contribution in [3.05, 3.63) is 67.7 Å². The minimum atomic E-state index is -1.45. The van der Waals surface area contributed by atoms with Gasteiger partial charge in [-0.2, -0.15) is 4.68 Å². The van der Waals surface area contributed by atoms with Gasteiger partial charge in [0, 0.05) is 17.8 Å². The molecule has 2 heterocycles. The fourth-order valence-corrected chi connectivity index (χ4v) is 3.22. The van der Waals surface area contributed by atoms with Gasteiger partial charge in [0.25, 0.3) is 11.1 Å². The molecule has 9 heteroatoms. The molecule has 146 valence electrons. The van der Waals surface area contributed by atoms with E-state index >= 15 is 0 Å². The molecule has 1 aliphatic heterocycles. The second kappa shape index (κ2) is 7.18. The zero-order valence-electron chi connectivity index (χ0n) is 15.8. The van der Waals surface area contributed by atoms with Gasteiger partial charge in [0.15, 0.2) is 6.04 Å². The summed E-state index contributed by atoms with van der Waals surface area (Å²) in [5.74, 6) is -1.76. The summed E-state index contributed by atoms with van der Waals surface area (Å²) in [6, 6.07) is 6.21. The largest absolute Gasteiger partial charge is 0.467 e. The lowest BCUT2D eigenvalue weighted by molar-refractivity contribution is -0.146. The Balaban J connectivity index is 2.36. The van der Waals surface area contributed by atoms with Crippen LogP contribution < -0.4 is 16.4 Å². The second-order valence-corrected chi connectivity index (χ2v) is 6.24. The number of ether oxygens (including phenoxy) is 2. The van der Waals surface area contributed by atoms with Crippen LogP contribution in [-0.2, 0) is 19.1 Å². The molecule has 3 rings (SSSR count). The van der Waals surface area contributed by atoms with Gasteiger partial charge in [-0.15, -0.1) is 0 Å². The molecule has 1 aromatic carbocycles. The molecular weight excluding hydrogens is 366 g/mol. The van der Waals surface area contributed by atoms with E-state index in [0.29, 0.717) is 5.69 Å². The van der Waals surface area contributed by atoms with E-state index in [2.05, 4.69) is 5.32 Å². The van der Waals surface area contributed by atoms with Gasteiger partial charge in [0.2, 0.25) is 0 Å². The number of hydrogen-bond acceptors (Lipinski definition) is 7. The standard InChI is InChI=1S/C19H19N3O6/c1-10-6-5-7-11(2)15(10)20-17-14(18(25)27-3)16(19(26)28-4)21-12(23)8-9-13(24)22(17)21/h5-9,16,20H,1-4H3. The summed E-state index contributed by atoms with van der Waals surface area (Å²) in [5, 5.41) is 3.05. The number of benzene rings is 1. The number of carbonyl (C=O) groups excluding carboxylic acids is 2. The Hall–Kier alpha value is -3.62. The predicted octanol–water partition coefficient (Wildman–Crippen LogP) is 0.808. The maximum absolute atomic E-state index is 12.6. The van der Waals surface area contributed by atoms with E-state index in [1.54, 1.807) is 0 Å². The van der Waals surface area contributed by atoms with Crippen molar-refractivity contribution in [3.63, 3.8) is 0 Å². The lowest BCUT2D eigenvalue weighted by Gasteiger charge is -2.16. The number of methoxy groups -OCH3 is 2. The molecule has 1 N–H and O–H groups in total. The average molecular weight is 385 g/mol. The summed E-state index contributed by atoms with van der Waals surface area (Å²) < 4.78 is 11.4. The highest BCUT2D eigenvalue weighted by Gasteiger charge is 2.43. The number of hydrogen-bond donors (Lipinski definition) is 1. The summed E-state index contributed by atoms with van der Waals surface area (Å²) in [6.07, 6.45) is 0. The topological polar surface area (TPSA) is 109 Å². The average Bonchev–Trinajstić information content (AvgIpc) is 3.02. The van der Waals surface area contributed by atoms with Gasteiger partial charge in [-0.3, -0.25) is 9.59 Å². The van der Waals surface area contributed by atoms with Crippen molar-refractivity contribution in [2.24, 2.45) is 0 Å². The number of carbonyl (C=O) groups is 2. The number of anilines is 1. The van der Waals surface area contributed by atoms with Gasteiger partial charge in [-0.05, 0) is 25.0 Å². The number of aryl methyl sites for hydroxylation is 2. The highest BCUT2D eigenvalue weighted by atomic mass is 16.5. The molecule has 9 nitrogen and oxygen atoms in total. The fraction of sp³-hybridized carbons (Fsp3) is 0.263. The van der Waals surface area contributed by atoms with Crippen LogP contribution in [0.1, 0.15) is 17.2 Å². The highest BCUT2D eigenvalue weighted by Crippen LogP contribution is 2.33. The Morgan fingerprint density at radius 3 is 2.14 bits per heavy atom. The van der Waals surface area contributed by atoms with E-state index in [9.17, 15) is 19.2 Å². The fourth-order valence-electron chi connectivity index (χ4n) is 3.22. The van der Waals surface area contributed by atoms with Gasteiger partial charge < -0.3 is 14.8 Å². The summed E-state index contributed by atoms with van der Waals surface area (Å²) in [6.45, 7) is 3.70. The Labute approximate surface area is 159 Å². The first-order chi connectivity index (χ1) is 13.3.